The number of rotatable bonds is 4. The van der Waals surface area contributed by atoms with Crippen LogP contribution in [0, 0.1) is 5.92 Å². The first kappa shape index (κ1) is 14.5. The average Bonchev–Trinajstić information content (AvgIpc) is 2.35. The molecule has 0 atom stereocenters. The zero-order chi connectivity index (χ0) is 15.0. The van der Waals surface area contributed by atoms with E-state index in [2.05, 4.69) is 15.3 Å². The van der Waals surface area contributed by atoms with Gasteiger partial charge in [-0.1, -0.05) is 11.6 Å². The highest BCUT2D eigenvalue weighted by Crippen LogP contribution is 2.32. The number of sulfonamides is 1. The normalized spacial score (nSPS) is 22.0. The van der Waals surface area contributed by atoms with E-state index in [9.17, 15) is 8.42 Å². The van der Waals surface area contributed by atoms with Crippen molar-refractivity contribution in [3.8, 4) is 0 Å². The molecule has 2 aromatic heterocycles. The molecular formula is C13H15ClN4O2S. The molecule has 1 aliphatic carbocycles. The number of anilines is 1. The van der Waals surface area contributed by atoms with E-state index in [1.54, 1.807) is 12.3 Å². The molecule has 6 nitrogen and oxygen atoms in total. The van der Waals surface area contributed by atoms with E-state index in [4.69, 9.17) is 16.7 Å². The lowest BCUT2D eigenvalue weighted by atomic mass is 9.82. The number of hydrogen-bond acceptors (Lipinski definition) is 5. The second-order valence-electron chi connectivity index (χ2n) is 5.37. The van der Waals surface area contributed by atoms with Crippen molar-refractivity contribution in [2.24, 2.45) is 11.1 Å². The fraction of sp³-hybridized carbons (Fsp3) is 0.385. The Labute approximate surface area is 127 Å². The van der Waals surface area contributed by atoms with Crippen LogP contribution in [0.1, 0.15) is 12.8 Å². The van der Waals surface area contributed by atoms with Gasteiger partial charge in [0.15, 0.2) is 5.65 Å². The maximum Gasteiger partial charge on any atom is 0.209 e. The van der Waals surface area contributed by atoms with Crippen molar-refractivity contribution in [3.63, 3.8) is 0 Å². The number of nitrogens with two attached hydrogens (primary N) is 1. The minimum atomic E-state index is -3.39. The first-order chi connectivity index (χ1) is 9.90. The van der Waals surface area contributed by atoms with Gasteiger partial charge < -0.3 is 5.32 Å². The maximum atomic E-state index is 11.0. The van der Waals surface area contributed by atoms with E-state index >= 15 is 0 Å². The molecule has 3 N–H and O–H groups in total. The molecule has 0 bridgehead atoms. The van der Waals surface area contributed by atoms with E-state index in [0.717, 1.165) is 18.2 Å². The minimum Gasteiger partial charge on any atom is -0.367 e. The third kappa shape index (κ3) is 3.42. The lowest BCUT2D eigenvalue weighted by molar-refractivity contribution is 0.310. The largest absolute Gasteiger partial charge is 0.367 e. The third-order valence-corrected chi connectivity index (χ3v) is 4.84. The van der Waals surface area contributed by atoms with Crippen LogP contribution in [0.2, 0.25) is 5.02 Å². The van der Waals surface area contributed by atoms with Gasteiger partial charge in [-0.05, 0) is 37.0 Å². The summed E-state index contributed by atoms with van der Waals surface area (Å²) in [6, 6.07) is 5.64. The smallest absolute Gasteiger partial charge is 0.209 e. The Bertz CT molecular complexity index is 775. The molecule has 0 spiro atoms. The van der Waals surface area contributed by atoms with Gasteiger partial charge in [-0.2, -0.15) is 0 Å². The Morgan fingerprint density at radius 3 is 2.90 bits per heavy atom. The highest BCUT2D eigenvalue weighted by Gasteiger charge is 2.32. The van der Waals surface area contributed by atoms with Gasteiger partial charge in [-0.3, -0.25) is 0 Å². The van der Waals surface area contributed by atoms with Crippen LogP contribution in [-0.4, -0.2) is 30.2 Å². The Hall–Kier alpha value is -1.44. The number of hydrogen-bond donors (Lipinski definition) is 2. The van der Waals surface area contributed by atoms with Crippen molar-refractivity contribution in [1.29, 1.82) is 0 Å². The summed E-state index contributed by atoms with van der Waals surface area (Å²) in [5, 5.41) is 9.70. The zero-order valence-electron chi connectivity index (χ0n) is 11.2. The topological polar surface area (TPSA) is 98.0 Å². The molecule has 0 aromatic carbocycles. The molecule has 0 radical (unpaired) electrons. The number of primary sulfonamides is 1. The third-order valence-electron chi connectivity index (χ3n) is 3.59. The van der Waals surface area contributed by atoms with Crippen LogP contribution in [0.25, 0.3) is 11.0 Å². The first-order valence-electron chi connectivity index (χ1n) is 6.59. The molecule has 2 heterocycles. The van der Waals surface area contributed by atoms with Gasteiger partial charge in [-0.15, -0.1) is 0 Å². The monoisotopic (exact) mass is 326 g/mol. The summed E-state index contributed by atoms with van der Waals surface area (Å²) in [5.74, 6) is 0.815. The molecule has 8 heteroatoms. The van der Waals surface area contributed by atoms with Crippen molar-refractivity contribution < 1.29 is 8.42 Å². The maximum absolute atomic E-state index is 11.0. The molecule has 2 aromatic rings. The molecule has 1 fully saturated rings. The van der Waals surface area contributed by atoms with Crippen LogP contribution in [0.15, 0.2) is 24.4 Å². The van der Waals surface area contributed by atoms with Crippen molar-refractivity contribution >= 4 is 38.5 Å². The Morgan fingerprint density at radius 1 is 1.43 bits per heavy atom. The Morgan fingerprint density at radius 2 is 2.19 bits per heavy atom. The van der Waals surface area contributed by atoms with Gasteiger partial charge in [0.05, 0.1) is 10.8 Å². The molecule has 1 aliphatic rings. The molecule has 0 unspecified atom stereocenters. The second-order valence-corrected chi connectivity index (χ2v) is 7.44. The first-order valence-corrected chi connectivity index (χ1v) is 8.68. The summed E-state index contributed by atoms with van der Waals surface area (Å²) in [7, 11) is -3.39. The van der Waals surface area contributed by atoms with E-state index in [1.807, 2.05) is 12.1 Å². The number of nitrogens with one attached hydrogen (secondary N) is 1. The minimum absolute atomic E-state index is 0.0403. The van der Waals surface area contributed by atoms with Gasteiger partial charge in [0.2, 0.25) is 10.0 Å². The van der Waals surface area contributed by atoms with Crippen molar-refractivity contribution in [2.45, 2.75) is 18.9 Å². The molecule has 112 valence electrons. The molecular weight excluding hydrogens is 312 g/mol. The van der Waals surface area contributed by atoms with Crippen LogP contribution in [0.5, 0.6) is 0 Å². The van der Waals surface area contributed by atoms with Crippen molar-refractivity contribution in [2.75, 3.05) is 11.1 Å². The molecule has 21 heavy (non-hydrogen) atoms. The molecule has 3 rings (SSSR count). The van der Waals surface area contributed by atoms with Gasteiger partial charge >= 0.3 is 0 Å². The summed E-state index contributed by atoms with van der Waals surface area (Å²) < 4.78 is 22.0. The van der Waals surface area contributed by atoms with Gasteiger partial charge in [0.25, 0.3) is 0 Å². The van der Waals surface area contributed by atoms with Crippen LogP contribution in [0.4, 0.5) is 5.82 Å². The second kappa shape index (κ2) is 5.40. The molecule has 0 aliphatic heterocycles. The number of aromatic nitrogens is 2. The molecule has 0 amide bonds. The van der Waals surface area contributed by atoms with Crippen LogP contribution in [0.3, 0.4) is 0 Å². The lowest BCUT2D eigenvalue weighted by Crippen LogP contribution is -2.40. The summed E-state index contributed by atoms with van der Waals surface area (Å²) in [6.07, 6.45) is 3.19. The van der Waals surface area contributed by atoms with E-state index < -0.39 is 10.0 Å². The van der Waals surface area contributed by atoms with Crippen molar-refractivity contribution in [1.82, 2.24) is 9.97 Å². The number of halogens is 1. The predicted molar refractivity (Wildman–Crippen MR) is 82.7 cm³/mol. The Kier molecular flexibility index (Phi) is 3.73. The van der Waals surface area contributed by atoms with Crippen LogP contribution < -0.4 is 10.5 Å². The SMILES string of the molecule is NS(=O)(=O)CC1CC(Nc2cc(Cl)c3cccnc3n2)C1. The fourth-order valence-electron chi connectivity index (χ4n) is 2.62. The summed E-state index contributed by atoms with van der Waals surface area (Å²) >= 11 is 6.21. The zero-order valence-corrected chi connectivity index (χ0v) is 12.7. The van der Waals surface area contributed by atoms with Gasteiger partial charge in [-0.25, -0.2) is 23.5 Å². The van der Waals surface area contributed by atoms with Gasteiger partial charge in [0.1, 0.15) is 5.82 Å². The number of fused-ring (bicyclic) bond motifs is 1. The van der Waals surface area contributed by atoms with E-state index in [0.29, 0.717) is 16.5 Å². The standard InChI is InChI=1S/C13H15ClN4O2S/c14-11-6-12(18-13-10(11)2-1-3-16-13)17-9-4-8(5-9)7-21(15,19)20/h1-3,6,8-9H,4-5,7H2,(H2,15,19,20)(H,16,17,18). The van der Waals surface area contributed by atoms with Crippen molar-refractivity contribution in [3.05, 3.63) is 29.4 Å². The van der Waals surface area contributed by atoms with Crippen LogP contribution in [-0.2, 0) is 10.0 Å². The summed E-state index contributed by atoms with van der Waals surface area (Å²) in [4.78, 5) is 8.59. The lowest BCUT2D eigenvalue weighted by Gasteiger charge is -2.35. The average molecular weight is 327 g/mol. The van der Waals surface area contributed by atoms with Gasteiger partial charge in [0, 0.05) is 17.6 Å². The quantitative estimate of drug-likeness (QED) is 0.892. The molecule has 0 saturated heterocycles. The van der Waals surface area contributed by atoms with E-state index in [1.165, 1.54) is 0 Å². The predicted octanol–water partition coefficient (Wildman–Crippen LogP) is 1.76. The summed E-state index contributed by atoms with van der Waals surface area (Å²) in [6.45, 7) is 0. The Balaban J connectivity index is 1.67. The highest BCUT2D eigenvalue weighted by molar-refractivity contribution is 7.89. The molecule has 1 saturated carbocycles. The highest BCUT2D eigenvalue weighted by atomic mass is 35.5. The van der Waals surface area contributed by atoms with Crippen LogP contribution >= 0.6 is 11.6 Å². The summed E-state index contributed by atoms with van der Waals surface area (Å²) in [5.41, 5.74) is 0.591. The number of pyridine rings is 2. The van der Waals surface area contributed by atoms with E-state index in [-0.39, 0.29) is 17.7 Å². The fourth-order valence-corrected chi connectivity index (χ4v) is 3.80. The number of nitrogens with zero attached hydrogens (tertiary/aromatic N) is 2.